The minimum absolute atomic E-state index is 0.0327. The third kappa shape index (κ3) is 2.60. The first-order valence-electron chi connectivity index (χ1n) is 8.20. The Morgan fingerprint density at radius 3 is 2.44 bits per heavy atom. The maximum Gasteiger partial charge on any atom is 0.356 e. The first kappa shape index (κ1) is 16.1. The first-order valence-corrected chi connectivity index (χ1v) is 9.25. The molecule has 1 aromatic carbocycles. The van der Waals surface area contributed by atoms with Crippen LogP contribution in [0.25, 0.3) is 0 Å². The molecule has 2 unspecified atom stereocenters. The van der Waals surface area contributed by atoms with E-state index in [2.05, 4.69) is 0 Å². The largest absolute Gasteiger partial charge is 0.356 e. The fourth-order valence-corrected chi connectivity index (χ4v) is 4.89. The van der Waals surface area contributed by atoms with E-state index in [9.17, 15) is 19.2 Å². The molecular weight excluding hydrogens is 344 g/mol. The molecule has 2 atom stereocenters. The number of carbonyl (C=O) groups is 4. The van der Waals surface area contributed by atoms with Gasteiger partial charge in [-0.1, -0.05) is 23.6 Å². The van der Waals surface area contributed by atoms with Crippen LogP contribution >= 0.6 is 11.8 Å². The highest BCUT2D eigenvalue weighted by Crippen LogP contribution is 2.36. The molecule has 0 N–H and O–H groups in total. The zero-order valence-corrected chi connectivity index (χ0v) is 14.2. The highest BCUT2D eigenvalue weighted by molar-refractivity contribution is 8.00. The van der Waals surface area contributed by atoms with E-state index in [1.807, 2.05) is 0 Å². The molecule has 3 aliphatic heterocycles. The van der Waals surface area contributed by atoms with Crippen LogP contribution in [-0.2, 0) is 14.4 Å². The Balaban J connectivity index is 1.52. The molecule has 2 saturated heterocycles. The number of amides is 3. The Labute approximate surface area is 148 Å². The van der Waals surface area contributed by atoms with Crippen molar-refractivity contribution in [2.45, 2.75) is 37.1 Å². The molecule has 130 valence electrons. The van der Waals surface area contributed by atoms with Crippen molar-refractivity contribution < 1.29 is 24.0 Å². The number of fused-ring (bicyclic) bond motifs is 2. The fraction of sp³-hybridized carbons (Fsp3) is 0.412. The SMILES string of the molecule is O=C(ON1C(=O)c2ccccc2C1=O)C1CSC2CCCCC(=O)N21. The smallest absolute Gasteiger partial charge is 0.327 e. The summed E-state index contributed by atoms with van der Waals surface area (Å²) in [4.78, 5) is 56.2. The van der Waals surface area contributed by atoms with E-state index >= 15 is 0 Å². The molecule has 0 bridgehead atoms. The molecule has 0 aromatic heterocycles. The van der Waals surface area contributed by atoms with Crippen LogP contribution in [0.15, 0.2) is 24.3 Å². The van der Waals surface area contributed by atoms with Gasteiger partial charge in [0.25, 0.3) is 11.8 Å². The van der Waals surface area contributed by atoms with Crippen LogP contribution in [-0.4, -0.2) is 50.8 Å². The van der Waals surface area contributed by atoms with Gasteiger partial charge in [-0.25, -0.2) is 4.79 Å². The predicted octanol–water partition coefficient (Wildman–Crippen LogP) is 1.58. The quantitative estimate of drug-likeness (QED) is 0.745. The summed E-state index contributed by atoms with van der Waals surface area (Å²) >= 11 is 1.54. The number of benzene rings is 1. The number of nitrogens with zero attached hydrogens (tertiary/aromatic N) is 2. The van der Waals surface area contributed by atoms with Crippen LogP contribution in [0.1, 0.15) is 46.4 Å². The van der Waals surface area contributed by atoms with E-state index in [-0.39, 0.29) is 22.4 Å². The topological polar surface area (TPSA) is 84.0 Å². The van der Waals surface area contributed by atoms with Gasteiger partial charge in [-0.2, -0.15) is 0 Å². The van der Waals surface area contributed by atoms with Crippen molar-refractivity contribution in [1.82, 2.24) is 9.96 Å². The molecule has 1 aromatic rings. The summed E-state index contributed by atoms with van der Waals surface area (Å²) in [5.41, 5.74) is 0.426. The molecule has 3 amide bonds. The van der Waals surface area contributed by atoms with E-state index in [0.29, 0.717) is 17.2 Å². The number of imide groups is 1. The molecule has 0 spiro atoms. The zero-order chi connectivity index (χ0) is 17.6. The summed E-state index contributed by atoms with van der Waals surface area (Å²) < 4.78 is 0. The number of hydrogen-bond acceptors (Lipinski definition) is 6. The Morgan fingerprint density at radius 2 is 1.76 bits per heavy atom. The molecule has 25 heavy (non-hydrogen) atoms. The summed E-state index contributed by atoms with van der Waals surface area (Å²) in [7, 11) is 0. The minimum atomic E-state index is -0.759. The fourth-order valence-electron chi connectivity index (χ4n) is 3.43. The van der Waals surface area contributed by atoms with Gasteiger partial charge in [-0.15, -0.1) is 11.8 Å². The summed E-state index contributed by atoms with van der Waals surface area (Å²) in [5.74, 6) is -1.70. The van der Waals surface area contributed by atoms with Crippen molar-refractivity contribution >= 4 is 35.5 Å². The Hall–Kier alpha value is -2.35. The highest BCUT2D eigenvalue weighted by atomic mass is 32.2. The average Bonchev–Trinajstić information content (AvgIpc) is 3.08. The third-order valence-corrected chi connectivity index (χ3v) is 6.04. The van der Waals surface area contributed by atoms with Gasteiger partial charge < -0.3 is 9.74 Å². The monoisotopic (exact) mass is 360 g/mol. The van der Waals surface area contributed by atoms with E-state index in [0.717, 1.165) is 19.3 Å². The van der Waals surface area contributed by atoms with Gasteiger partial charge in [-0.05, 0) is 25.0 Å². The van der Waals surface area contributed by atoms with E-state index in [4.69, 9.17) is 4.84 Å². The molecule has 0 radical (unpaired) electrons. The number of rotatable bonds is 2. The summed E-state index contributed by atoms with van der Waals surface area (Å²) in [6, 6.07) is 5.56. The maximum atomic E-state index is 12.6. The minimum Gasteiger partial charge on any atom is -0.327 e. The number of hydrogen-bond donors (Lipinski definition) is 0. The van der Waals surface area contributed by atoms with Crippen molar-refractivity contribution in [3.63, 3.8) is 0 Å². The van der Waals surface area contributed by atoms with Crippen molar-refractivity contribution in [3.05, 3.63) is 35.4 Å². The number of carbonyl (C=O) groups excluding carboxylic acids is 4. The first-order chi connectivity index (χ1) is 12.1. The van der Waals surface area contributed by atoms with Gasteiger partial charge >= 0.3 is 5.97 Å². The van der Waals surface area contributed by atoms with Gasteiger partial charge in [-0.3, -0.25) is 14.4 Å². The molecule has 0 aliphatic carbocycles. The summed E-state index contributed by atoms with van der Waals surface area (Å²) in [6.45, 7) is 0. The molecule has 3 heterocycles. The summed E-state index contributed by atoms with van der Waals surface area (Å²) in [5, 5.41) is 0.475. The zero-order valence-electron chi connectivity index (χ0n) is 13.3. The number of hydroxylamine groups is 2. The highest BCUT2D eigenvalue weighted by Gasteiger charge is 2.46. The van der Waals surface area contributed by atoms with E-state index < -0.39 is 23.8 Å². The van der Waals surface area contributed by atoms with Gasteiger partial charge in [0.1, 0.15) is 6.04 Å². The van der Waals surface area contributed by atoms with Crippen LogP contribution in [0.3, 0.4) is 0 Å². The average molecular weight is 360 g/mol. The molecular formula is C17H16N2O5S. The van der Waals surface area contributed by atoms with Crippen LogP contribution in [0.2, 0.25) is 0 Å². The predicted molar refractivity (Wildman–Crippen MR) is 88.4 cm³/mol. The summed E-state index contributed by atoms with van der Waals surface area (Å²) in [6.07, 6.45) is 3.01. The molecule has 0 saturated carbocycles. The Kier molecular flexibility index (Phi) is 3.99. The van der Waals surface area contributed by atoms with Gasteiger partial charge in [0.05, 0.1) is 16.5 Å². The lowest BCUT2D eigenvalue weighted by Gasteiger charge is -2.26. The third-order valence-electron chi connectivity index (χ3n) is 4.68. The second kappa shape index (κ2) is 6.18. The van der Waals surface area contributed by atoms with Crippen LogP contribution in [0, 0.1) is 0 Å². The van der Waals surface area contributed by atoms with Crippen molar-refractivity contribution in [2.75, 3.05) is 5.75 Å². The van der Waals surface area contributed by atoms with Crippen LogP contribution < -0.4 is 0 Å². The lowest BCUT2D eigenvalue weighted by molar-refractivity contribution is -0.175. The van der Waals surface area contributed by atoms with Gasteiger partial charge in [0, 0.05) is 12.2 Å². The van der Waals surface area contributed by atoms with Gasteiger partial charge in [0.15, 0.2) is 0 Å². The van der Waals surface area contributed by atoms with Crippen molar-refractivity contribution in [2.24, 2.45) is 0 Å². The second-order valence-electron chi connectivity index (χ2n) is 6.21. The van der Waals surface area contributed by atoms with Crippen LogP contribution in [0.5, 0.6) is 0 Å². The maximum absolute atomic E-state index is 12.6. The van der Waals surface area contributed by atoms with Gasteiger partial charge in [0.2, 0.25) is 5.91 Å². The van der Waals surface area contributed by atoms with Crippen molar-refractivity contribution in [3.8, 4) is 0 Å². The Bertz CT molecular complexity index is 745. The lowest BCUT2D eigenvalue weighted by atomic mass is 10.1. The van der Waals surface area contributed by atoms with Crippen molar-refractivity contribution in [1.29, 1.82) is 0 Å². The van der Waals surface area contributed by atoms with Crippen LogP contribution in [0.4, 0.5) is 0 Å². The second-order valence-corrected chi connectivity index (χ2v) is 7.42. The number of thioether (sulfide) groups is 1. The molecule has 4 rings (SSSR count). The molecule has 2 fully saturated rings. The van der Waals surface area contributed by atoms with E-state index in [1.54, 1.807) is 28.8 Å². The molecule has 8 heteroatoms. The normalized spacial score (nSPS) is 25.7. The standard InChI is InChI=1S/C17H16N2O5S/c20-13-7-3-4-8-14-18(13)12(9-25-14)17(23)24-19-15(21)10-5-1-2-6-11(10)16(19)22/h1-2,5-6,12,14H,3-4,7-9H2. The molecule has 7 nitrogen and oxygen atoms in total. The molecule has 3 aliphatic rings. The van der Waals surface area contributed by atoms with E-state index in [1.165, 1.54) is 12.1 Å². The lowest BCUT2D eigenvalue weighted by Crippen LogP contribution is -2.47. The Morgan fingerprint density at radius 1 is 1.08 bits per heavy atom.